The SMILES string of the molecule is CN1CC(=Cc2ccccc2)C(=O)C1=O. The van der Waals surface area contributed by atoms with E-state index in [1.807, 2.05) is 30.3 Å². The van der Waals surface area contributed by atoms with Crippen LogP contribution in [0.4, 0.5) is 0 Å². The number of benzene rings is 1. The summed E-state index contributed by atoms with van der Waals surface area (Å²) in [5, 5.41) is 0. The molecule has 1 heterocycles. The Morgan fingerprint density at radius 2 is 1.87 bits per heavy atom. The van der Waals surface area contributed by atoms with E-state index in [0.717, 1.165) is 5.56 Å². The van der Waals surface area contributed by atoms with Crippen molar-refractivity contribution in [3.8, 4) is 0 Å². The third-order valence-electron chi connectivity index (χ3n) is 2.38. The van der Waals surface area contributed by atoms with Crippen molar-refractivity contribution in [2.45, 2.75) is 0 Å². The number of likely N-dealkylation sites (tertiary alicyclic amines) is 1. The van der Waals surface area contributed by atoms with Gasteiger partial charge in [-0.1, -0.05) is 30.3 Å². The molecule has 1 fully saturated rings. The van der Waals surface area contributed by atoms with Crippen LogP contribution in [-0.2, 0) is 9.59 Å². The van der Waals surface area contributed by atoms with Crippen LogP contribution in [-0.4, -0.2) is 30.2 Å². The van der Waals surface area contributed by atoms with Crippen molar-refractivity contribution in [1.29, 1.82) is 0 Å². The maximum atomic E-state index is 11.5. The van der Waals surface area contributed by atoms with E-state index < -0.39 is 5.91 Å². The second-order valence-corrected chi connectivity index (χ2v) is 3.57. The van der Waals surface area contributed by atoms with Gasteiger partial charge >= 0.3 is 0 Å². The Morgan fingerprint density at radius 1 is 1.20 bits per heavy atom. The summed E-state index contributed by atoms with van der Waals surface area (Å²) in [7, 11) is 1.63. The number of Topliss-reactive ketones (excluding diaryl/α,β-unsaturated/α-hetero) is 1. The molecular formula is C12H11NO2. The minimum absolute atomic E-state index is 0.388. The highest BCUT2D eigenvalue weighted by Crippen LogP contribution is 2.15. The first-order valence-electron chi connectivity index (χ1n) is 4.74. The standard InChI is InChI=1S/C12H11NO2/c1-13-8-10(11(14)12(13)15)7-9-5-3-2-4-6-9/h2-7H,8H2,1H3. The summed E-state index contributed by atoms with van der Waals surface area (Å²) in [6, 6.07) is 9.52. The molecule has 1 aromatic carbocycles. The molecule has 0 saturated carbocycles. The van der Waals surface area contributed by atoms with Crippen molar-refractivity contribution < 1.29 is 9.59 Å². The number of hydrogen-bond donors (Lipinski definition) is 0. The van der Waals surface area contributed by atoms with Gasteiger partial charge < -0.3 is 4.90 Å². The lowest BCUT2D eigenvalue weighted by Crippen LogP contribution is -2.22. The fourth-order valence-electron chi connectivity index (χ4n) is 1.57. The van der Waals surface area contributed by atoms with Crippen LogP contribution in [0.5, 0.6) is 0 Å². The Hall–Kier alpha value is -1.90. The lowest BCUT2D eigenvalue weighted by Gasteiger charge is -2.02. The van der Waals surface area contributed by atoms with Gasteiger partial charge in [-0.25, -0.2) is 0 Å². The van der Waals surface area contributed by atoms with Gasteiger partial charge in [0.05, 0.1) is 0 Å². The van der Waals surface area contributed by atoms with Crippen LogP contribution >= 0.6 is 0 Å². The topological polar surface area (TPSA) is 37.4 Å². The zero-order valence-corrected chi connectivity index (χ0v) is 8.43. The van der Waals surface area contributed by atoms with Gasteiger partial charge in [0.25, 0.3) is 5.91 Å². The van der Waals surface area contributed by atoms with Gasteiger partial charge in [-0.3, -0.25) is 9.59 Å². The third-order valence-corrected chi connectivity index (χ3v) is 2.38. The number of hydrogen-bond acceptors (Lipinski definition) is 2. The first kappa shape index (κ1) is 9.65. The van der Waals surface area contributed by atoms with E-state index in [0.29, 0.717) is 12.1 Å². The zero-order valence-electron chi connectivity index (χ0n) is 8.43. The lowest BCUT2D eigenvalue weighted by molar-refractivity contribution is -0.138. The van der Waals surface area contributed by atoms with Crippen LogP contribution in [0.1, 0.15) is 5.56 Å². The van der Waals surface area contributed by atoms with Crippen molar-refractivity contribution >= 4 is 17.8 Å². The lowest BCUT2D eigenvalue weighted by atomic mass is 10.1. The monoisotopic (exact) mass is 201 g/mol. The quantitative estimate of drug-likeness (QED) is 0.504. The van der Waals surface area contributed by atoms with Crippen molar-refractivity contribution in [3.63, 3.8) is 0 Å². The molecule has 0 bridgehead atoms. The summed E-state index contributed by atoms with van der Waals surface area (Å²) < 4.78 is 0. The van der Waals surface area contributed by atoms with Crippen molar-refractivity contribution in [2.24, 2.45) is 0 Å². The predicted octanol–water partition coefficient (Wildman–Crippen LogP) is 1.11. The molecule has 0 aromatic heterocycles. The smallest absolute Gasteiger partial charge is 0.294 e. The molecule has 0 aliphatic carbocycles. The molecule has 0 spiro atoms. The Morgan fingerprint density at radius 3 is 2.40 bits per heavy atom. The molecule has 1 aromatic rings. The second kappa shape index (κ2) is 3.69. The molecule has 2 rings (SSSR count). The summed E-state index contributed by atoms with van der Waals surface area (Å²) in [4.78, 5) is 24.1. The summed E-state index contributed by atoms with van der Waals surface area (Å²) in [6.45, 7) is 0.409. The first-order chi connectivity index (χ1) is 7.18. The van der Waals surface area contributed by atoms with Gasteiger partial charge in [-0.05, 0) is 11.6 Å². The van der Waals surface area contributed by atoms with Crippen LogP contribution in [0.15, 0.2) is 35.9 Å². The number of nitrogens with zero attached hydrogens (tertiary/aromatic N) is 1. The maximum Gasteiger partial charge on any atom is 0.294 e. The largest absolute Gasteiger partial charge is 0.334 e. The highest BCUT2D eigenvalue weighted by molar-refractivity contribution is 6.45. The molecule has 3 heteroatoms. The maximum absolute atomic E-state index is 11.5. The van der Waals surface area contributed by atoms with Gasteiger partial charge in [-0.2, -0.15) is 0 Å². The fourth-order valence-corrected chi connectivity index (χ4v) is 1.57. The van der Waals surface area contributed by atoms with Gasteiger partial charge in [0.1, 0.15) is 0 Å². The van der Waals surface area contributed by atoms with Gasteiger partial charge in [0.15, 0.2) is 0 Å². The zero-order chi connectivity index (χ0) is 10.8. The molecule has 0 radical (unpaired) electrons. The highest BCUT2D eigenvalue weighted by atomic mass is 16.2. The van der Waals surface area contributed by atoms with Crippen LogP contribution in [0.3, 0.4) is 0 Å². The van der Waals surface area contributed by atoms with Crippen LogP contribution in [0, 0.1) is 0 Å². The molecule has 0 unspecified atom stereocenters. The molecule has 1 saturated heterocycles. The van der Waals surface area contributed by atoms with Gasteiger partial charge in [-0.15, -0.1) is 0 Å². The Bertz CT molecular complexity index is 434. The first-order valence-corrected chi connectivity index (χ1v) is 4.74. The van der Waals surface area contributed by atoms with E-state index in [9.17, 15) is 9.59 Å². The summed E-state index contributed by atoms with van der Waals surface area (Å²) in [6.07, 6.45) is 1.77. The highest BCUT2D eigenvalue weighted by Gasteiger charge is 2.31. The number of rotatable bonds is 1. The fraction of sp³-hybridized carbons (Fsp3) is 0.167. The number of ketones is 1. The molecule has 0 N–H and O–H groups in total. The normalized spacial score (nSPS) is 19.0. The van der Waals surface area contributed by atoms with Crippen LogP contribution in [0.25, 0.3) is 6.08 Å². The average Bonchev–Trinajstić information content (AvgIpc) is 2.48. The van der Waals surface area contributed by atoms with Crippen molar-refractivity contribution in [1.82, 2.24) is 4.90 Å². The number of carbonyl (C=O) groups excluding carboxylic acids is 2. The second-order valence-electron chi connectivity index (χ2n) is 3.57. The van der Waals surface area contributed by atoms with E-state index in [1.165, 1.54) is 4.90 Å². The molecule has 3 nitrogen and oxygen atoms in total. The Labute approximate surface area is 88.0 Å². The molecule has 15 heavy (non-hydrogen) atoms. The molecule has 1 aliphatic rings. The van der Waals surface area contributed by atoms with E-state index in [2.05, 4.69) is 0 Å². The number of carbonyl (C=O) groups is 2. The molecular weight excluding hydrogens is 190 g/mol. The minimum atomic E-state index is -0.419. The van der Waals surface area contributed by atoms with Crippen LogP contribution < -0.4 is 0 Å². The van der Waals surface area contributed by atoms with Crippen molar-refractivity contribution in [2.75, 3.05) is 13.6 Å². The average molecular weight is 201 g/mol. The van der Waals surface area contributed by atoms with E-state index in [-0.39, 0.29) is 5.78 Å². The summed E-state index contributed by atoms with van der Waals surface area (Å²) >= 11 is 0. The summed E-state index contributed by atoms with van der Waals surface area (Å²) in [5.41, 5.74) is 1.51. The Kier molecular flexibility index (Phi) is 2.37. The number of likely N-dealkylation sites (N-methyl/N-ethyl adjacent to an activating group) is 1. The van der Waals surface area contributed by atoms with E-state index in [4.69, 9.17) is 0 Å². The van der Waals surface area contributed by atoms with Gasteiger partial charge in [0.2, 0.25) is 5.78 Å². The number of amides is 1. The predicted molar refractivity (Wildman–Crippen MR) is 57.1 cm³/mol. The molecule has 1 aliphatic heterocycles. The van der Waals surface area contributed by atoms with Gasteiger partial charge in [0, 0.05) is 19.2 Å². The van der Waals surface area contributed by atoms with E-state index >= 15 is 0 Å². The molecule has 0 atom stereocenters. The third kappa shape index (κ3) is 1.81. The summed E-state index contributed by atoms with van der Waals surface area (Å²) in [5.74, 6) is -0.807. The molecule has 1 amide bonds. The minimum Gasteiger partial charge on any atom is -0.334 e. The van der Waals surface area contributed by atoms with E-state index in [1.54, 1.807) is 13.1 Å². The van der Waals surface area contributed by atoms with Crippen molar-refractivity contribution in [3.05, 3.63) is 41.5 Å². The van der Waals surface area contributed by atoms with Crippen LogP contribution in [0.2, 0.25) is 0 Å². The molecule has 76 valence electrons. The Balaban J connectivity index is 2.30.